The van der Waals surface area contributed by atoms with Gasteiger partial charge in [0.1, 0.15) is 30.0 Å². The van der Waals surface area contributed by atoms with Gasteiger partial charge >= 0.3 is 12.1 Å². The number of nitrogens with one attached hydrogen (secondary N) is 2. The number of H-pyrrole nitrogens is 1. The average molecular weight is 681 g/mol. The van der Waals surface area contributed by atoms with Gasteiger partial charge in [0.15, 0.2) is 0 Å². The molecule has 5 rings (SSSR count). The molecule has 12 heteroatoms. The summed E-state index contributed by atoms with van der Waals surface area (Å²) in [7, 11) is 1.72. The molecule has 3 N–H and O–H groups in total. The first kappa shape index (κ1) is 36.4. The van der Waals surface area contributed by atoms with Gasteiger partial charge in [0, 0.05) is 44.6 Å². The van der Waals surface area contributed by atoms with E-state index in [0.717, 1.165) is 56.2 Å². The number of unbranched alkanes of at least 4 members (excludes halogenated alkanes) is 1. The zero-order valence-corrected chi connectivity index (χ0v) is 29.2. The molecule has 0 radical (unpaired) electrons. The predicted molar refractivity (Wildman–Crippen MR) is 186 cm³/mol. The molecule has 49 heavy (non-hydrogen) atoms. The Morgan fingerprint density at radius 2 is 1.88 bits per heavy atom. The van der Waals surface area contributed by atoms with E-state index < -0.39 is 35.5 Å². The maximum atomic E-state index is 13.3. The highest BCUT2D eigenvalue weighted by Crippen LogP contribution is 2.36. The zero-order valence-electron chi connectivity index (χ0n) is 29.2. The zero-order chi connectivity index (χ0) is 35.1. The Bertz CT molecular complexity index is 1560. The van der Waals surface area contributed by atoms with Crippen LogP contribution in [0, 0.1) is 11.3 Å². The van der Waals surface area contributed by atoms with E-state index in [1.165, 1.54) is 4.90 Å². The van der Waals surface area contributed by atoms with E-state index in [1.807, 2.05) is 51.1 Å². The van der Waals surface area contributed by atoms with Crippen LogP contribution in [0.2, 0.25) is 0 Å². The number of allylic oxidation sites excluding steroid dienone is 1. The number of hydrogen-bond acceptors (Lipinski definition) is 8. The fourth-order valence-corrected chi connectivity index (χ4v) is 6.84. The second kappa shape index (κ2) is 16.2. The molecule has 1 aromatic carbocycles. The molecule has 2 aliphatic heterocycles. The minimum Gasteiger partial charge on any atom is -0.489 e. The maximum Gasteiger partial charge on any atom is 0.408 e. The van der Waals surface area contributed by atoms with Gasteiger partial charge in [-0.2, -0.15) is 0 Å². The number of likely N-dealkylation sites (tertiary alicyclic amines) is 2. The van der Waals surface area contributed by atoms with Crippen LogP contribution in [0.5, 0.6) is 5.75 Å². The lowest BCUT2D eigenvalue weighted by Crippen LogP contribution is -2.56. The third-order valence-corrected chi connectivity index (χ3v) is 9.81. The van der Waals surface area contributed by atoms with Crippen molar-refractivity contribution in [1.29, 1.82) is 0 Å². The predicted octanol–water partition coefficient (Wildman–Crippen LogP) is 4.50. The summed E-state index contributed by atoms with van der Waals surface area (Å²) in [5, 5.41) is 13.2. The highest BCUT2D eigenvalue weighted by atomic mass is 16.6. The number of alkyl carbamates (subject to hydrolysis) is 1. The van der Waals surface area contributed by atoms with Crippen LogP contribution < -0.4 is 15.6 Å². The number of amides is 2. The van der Waals surface area contributed by atoms with Crippen molar-refractivity contribution in [3.8, 4) is 5.75 Å². The van der Waals surface area contributed by atoms with Crippen LogP contribution >= 0.6 is 0 Å². The lowest BCUT2D eigenvalue weighted by molar-refractivity contribution is -0.150. The topological polar surface area (TPSA) is 150 Å². The Labute approximate surface area is 288 Å². The molecule has 2 saturated heterocycles. The first-order chi connectivity index (χ1) is 23.5. The highest BCUT2D eigenvalue weighted by molar-refractivity contribution is 5.90. The van der Waals surface area contributed by atoms with E-state index in [2.05, 4.69) is 21.3 Å². The van der Waals surface area contributed by atoms with Crippen LogP contribution in [-0.2, 0) is 25.5 Å². The van der Waals surface area contributed by atoms with E-state index in [0.29, 0.717) is 50.1 Å². The normalized spacial score (nSPS) is 22.4. The number of carboxylic acid groups (broad SMARTS) is 1. The fraction of sp³-hybridized carbons (Fsp3) is 0.622. The van der Waals surface area contributed by atoms with Crippen molar-refractivity contribution in [2.24, 2.45) is 11.3 Å². The molecule has 4 atom stereocenters. The van der Waals surface area contributed by atoms with Gasteiger partial charge in [-0.05, 0) is 68.9 Å². The number of aromatic amines is 1. The first-order valence-corrected chi connectivity index (χ1v) is 17.6. The first-order valence-electron chi connectivity index (χ1n) is 17.6. The molecular formula is C37H52N4O8. The summed E-state index contributed by atoms with van der Waals surface area (Å²) in [5.74, 6) is -0.654. The van der Waals surface area contributed by atoms with E-state index >= 15 is 0 Å². The molecule has 0 spiro atoms. The van der Waals surface area contributed by atoms with Gasteiger partial charge in [0.2, 0.25) is 5.91 Å². The number of rotatable bonds is 14. The lowest BCUT2D eigenvalue weighted by Gasteiger charge is -2.34. The number of hydrogen-bond donors (Lipinski definition) is 3. The van der Waals surface area contributed by atoms with Crippen LogP contribution in [-0.4, -0.2) is 102 Å². The van der Waals surface area contributed by atoms with Crippen molar-refractivity contribution in [3.05, 3.63) is 52.3 Å². The Balaban J connectivity index is 1.12. The number of ether oxygens (including phenoxy) is 3. The van der Waals surface area contributed by atoms with Crippen molar-refractivity contribution in [3.63, 3.8) is 0 Å². The Morgan fingerprint density at radius 1 is 1.12 bits per heavy atom. The van der Waals surface area contributed by atoms with Crippen molar-refractivity contribution in [2.75, 3.05) is 39.9 Å². The molecular weight excluding hydrogens is 628 g/mol. The number of carboxylic acids is 1. The van der Waals surface area contributed by atoms with E-state index in [4.69, 9.17) is 14.2 Å². The summed E-state index contributed by atoms with van der Waals surface area (Å²) >= 11 is 0. The van der Waals surface area contributed by atoms with Gasteiger partial charge in [0.05, 0.1) is 17.7 Å². The van der Waals surface area contributed by atoms with Crippen molar-refractivity contribution < 1.29 is 33.7 Å². The summed E-state index contributed by atoms with van der Waals surface area (Å²) in [6, 6.07) is 5.99. The Kier molecular flexibility index (Phi) is 12.0. The van der Waals surface area contributed by atoms with Crippen LogP contribution in [0.1, 0.15) is 71.3 Å². The second-order valence-electron chi connectivity index (χ2n) is 14.6. The summed E-state index contributed by atoms with van der Waals surface area (Å²) < 4.78 is 17.4. The number of para-hydroxylation sites is 1. The number of carbonyl (C=O) groups is 3. The number of pyridine rings is 1. The molecule has 1 saturated carbocycles. The number of methoxy groups -OCH3 is 1. The smallest absolute Gasteiger partial charge is 0.408 e. The van der Waals surface area contributed by atoms with Gasteiger partial charge in [-0.25, -0.2) is 9.59 Å². The minimum atomic E-state index is -1.03. The van der Waals surface area contributed by atoms with E-state index in [-0.39, 0.29) is 23.7 Å². The number of aliphatic carboxylic acids is 1. The average Bonchev–Trinajstić information content (AvgIpc) is 3.58. The molecule has 2 aromatic rings. The number of nitrogens with zero attached hydrogens (tertiary/aromatic N) is 2. The van der Waals surface area contributed by atoms with Crippen molar-refractivity contribution in [1.82, 2.24) is 20.1 Å². The highest BCUT2D eigenvalue weighted by Gasteiger charge is 2.44. The van der Waals surface area contributed by atoms with Crippen LogP contribution in [0.25, 0.3) is 10.9 Å². The molecule has 268 valence electrons. The van der Waals surface area contributed by atoms with Gasteiger partial charge in [0.25, 0.3) is 5.56 Å². The molecule has 3 heterocycles. The molecule has 3 fully saturated rings. The SMILES string of the molecule is COCCN1CCC(Oc2c(CCCC=CC3CC3OC(=O)NC(C(=O)N3CCCC3C(=O)O)C(C)(C)C)c(=O)[nH]c3ccccc23)CC1. The van der Waals surface area contributed by atoms with Crippen LogP contribution in [0.15, 0.2) is 41.2 Å². The minimum absolute atomic E-state index is 0.0466. The number of aromatic nitrogens is 1. The monoisotopic (exact) mass is 680 g/mol. The van der Waals surface area contributed by atoms with Gasteiger partial charge in [-0.1, -0.05) is 45.1 Å². The number of carbonyl (C=O) groups excluding carboxylic acids is 2. The number of fused-ring (bicyclic) bond motifs is 1. The lowest BCUT2D eigenvalue weighted by atomic mass is 9.85. The molecule has 1 aromatic heterocycles. The van der Waals surface area contributed by atoms with E-state index in [9.17, 15) is 24.3 Å². The molecule has 4 unspecified atom stereocenters. The van der Waals surface area contributed by atoms with Gasteiger partial charge < -0.3 is 39.4 Å². The third-order valence-electron chi connectivity index (χ3n) is 9.81. The van der Waals surface area contributed by atoms with Crippen LogP contribution in [0.4, 0.5) is 4.79 Å². The Hall–Kier alpha value is -3.90. The summed E-state index contributed by atoms with van der Waals surface area (Å²) in [4.78, 5) is 57.8. The molecule has 1 aliphatic carbocycles. The molecule has 2 amide bonds. The molecule has 3 aliphatic rings. The molecule has 0 bridgehead atoms. The maximum absolute atomic E-state index is 13.3. The summed E-state index contributed by atoms with van der Waals surface area (Å²) in [6.45, 7) is 9.34. The second-order valence-corrected chi connectivity index (χ2v) is 14.6. The van der Waals surface area contributed by atoms with Crippen molar-refractivity contribution in [2.45, 2.75) is 96.4 Å². The number of benzene rings is 1. The summed E-state index contributed by atoms with van der Waals surface area (Å²) in [6.07, 6.45) is 8.78. The summed E-state index contributed by atoms with van der Waals surface area (Å²) in [5.41, 5.74) is 0.687. The quantitative estimate of drug-likeness (QED) is 0.194. The van der Waals surface area contributed by atoms with Gasteiger partial charge in [-0.15, -0.1) is 0 Å². The molecule has 12 nitrogen and oxygen atoms in total. The third kappa shape index (κ3) is 9.42. The standard InChI is InChI=1S/C37H52N4O8/c1-37(2,3)32(34(43)41-18-10-15-29(41)35(44)45)39-36(46)49-30-23-24(30)11-6-5-7-13-27-31(26-12-8-9-14-28(26)38-33(27)42)48-25-16-19-40(20-17-25)21-22-47-4/h6,8-9,11-12,14,24-25,29-30,32H,5,7,10,13,15-23H2,1-4H3,(H,38,42)(H,39,46)(H,44,45). The van der Waals surface area contributed by atoms with E-state index in [1.54, 1.807) is 7.11 Å². The van der Waals surface area contributed by atoms with Crippen molar-refractivity contribution >= 4 is 28.9 Å². The number of piperidine rings is 1. The fourth-order valence-electron chi connectivity index (χ4n) is 6.84. The largest absolute Gasteiger partial charge is 0.489 e. The Morgan fingerprint density at radius 3 is 2.59 bits per heavy atom. The van der Waals surface area contributed by atoms with Crippen LogP contribution in [0.3, 0.4) is 0 Å². The van der Waals surface area contributed by atoms with Gasteiger partial charge in [-0.3, -0.25) is 9.59 Å².